The molecule has 0 saturated carbocycles. The zero-order valence-corrected chi connectivity index (χ0v) is 12.5. The lowest BCUT2D eigenvalue weighted by Crippen LogP contribution is -2.46. The van der Waals surface area contributed by atoms with Crippen molar-refractivity contribution in [3.8, 4) is 0 Å². The van der Waals surface area contributed by atoms with Crippen LogP contribution in [-0.2, 0) is 10.0 Å². The Labute approximate surface area is 115 Å². The number of H-pyrrole nitrogens is 1. The summed E-state index contributed by atoms with van der Waals surface area (Å²) in [7, 11) is -3.39. The van der Waals surface area contributed by atoms with Gasteiger partial charge in [0.1, 0.15) is 4.90 Å². The number of nitrogens with zero attached hydrogens (tertiary/aromatic N) is 2. The van der Waals surface area contributed by atoms with Crippen LogP contribution in [0.3, 0.4) is 0 Å². The summed E-state index contributed by atoms with van der Waals surface area (Å²) in [4.78, 5) is 0.777. The van der Waals surface area contributed by atoms with E-state index < -0.39 is 10.0 Å². The third kappa shape index (κ3) is 1.83. The van der Waals surface area contributed by atoms with E-state index in [4.69, 9.17) is 0 Å². The van der Waals surface area contributed by atoms with E-state index in [0.717, 1.165) is 25.7 Å². The molecule has 100 valence electrons. The monoisotopic (exact) mass is 333 g/mol. The number of hydrogen-bond acceptors (Lipinski definition) is 3. The molecule has 2 unspecified atom stereocenters. The standard InChI is InChI=1S/C11H16BrN3O2S/c1-7-11(6-13-14-7)18(16,17)15-9-2-3-10(15)5-8(12)4-9/h6,8-10H,2-5H2,1H3,(H,13,14). The lowest BCUT2D eigenvalue weighted by atomic mass is 10.1. The normalized spacial score (nSPS) is 32.9. The summed E-state index contributed by atoms with van der Waals surface area (Å²) in [6.45, 7) is 1.75. The third-order valence-corrected chi connectivity index (χ3v) is 6.81. The number of halogens is 1. The van der Waals surface area contributed by atoms with E-state index in [9.17, 15) is 8.42 Å². The Morgan fingerprint density at radius 2 is 2.00 bits per heavy atom. The van der Waals surface area contributed by atoms with Crippen molar-refractivity contribution in [2.45, 2.75) is 54.4 Å². The zero-order chi connectivity index (χ0) is 12.9. The average molecular weight is 334 g/mol. The number of alkyl halides is 1. The van der Waals surface area contributed by atoms with E-state index in [1.165, 1.54) is 6.20 Å². The average Bonchev–Trinajstić information content (AvgIpc) is 2.82. The van der Waals surface area contributed by atoms with E-state index in [2.05, 4.69) is 26.1 Å². The van der Waals surface area contributed by atoms with Crippen LogP contribution in [-0.4, -0.2) is 39.8 Å². The molecule has 1 aromatic rings. The van der Waals surface area contributed by atoms with Gasteiger partial charge in [0, 0.05) is 16.9 Å². The highest BCUT2D eigenvalue weighted by molar-refractivity contribution is 9.09. The Morgan fingerprint density at radius 1 is 1.39 bits per heavy atom. The molecule has 18 heavy (non-hydrogen) atoms. The topological polar surface area (TPSA) is 66.1 Å². The van der Waals surface area contributed by atoms with Crippen molar-refractivity contribution in [3.05, 3.63) is 11.9 Å². The number of aryl methyl sites for hydroxylation is 1. The van der Waals surface area contributed by atoms with E-state index in [-0.39, 0.29) is 12.1 Å². The lowest BCUT2D eigenvalue weighted by Gasteiger charge is -2.35. The molecule has 3 heterocycles. The van der Waals surface area contributed by atoms with Gasteiger partial charge in [-0.15, -0.1) is 0 Å². The maximum Gasteiger partial charge on any atom is 0.246 e. The van der Waals surface area contributed by atoms with Crippen LogP contribution in [0.4, 0.5) is 0 Å². The molecular formula is C11H16BrN3O2S. The summed E-state index contributed by atoms with van der Waals surface area (Å²) in [5.74, 6) is 0. The number of aromatic nitrogens is 2. The van der Waals surface area contributed by atoms with Gasteiger partial charge in [0.15, 0.2) is 0 Å². The van der Waals surface area contributed by atoms with Crippen LogP contribution in [0.15, 0.2) is 11.1 Å². The molecule has 0 aromatic carbocycles. The summed E-state index contributed by atoms with van der Waals surface area (Å²) in [6.07, 6.45) is 5.19. The van der Waals surface area contributed by atoms with Crippen LogP contribution >= 0.6 is 15.9 Å². The molecule has 0 radical (unpaired) electrons. The first-order chi connectivity index (χ1) is 8.50. The van der Waals surface area contributed by atoms with Gasteiger partial charge in [0.05, 0.1) is 11.9 Å². The third-order valence-electron chi connectivity index (χ3n) is 3.95. The lowest BCUT2D eigenvalue weighted by molar-refractivity contribution is 0.255. The molecular weight excluding hydrogens is 318 g/mol. The molecule has 0 amide bonds. The Morgan fingerprint density at radius 3 is 2.50 bits per heavy atom. The molecule has 2 saturated heterocycles. The molecule has 3 rings (SSSR count). The maximum absolute atomic E-state index is 12.7. The van der Waals surface area contributed by atoms with Crippen LogP contribution < -0.4 is 0 Å². The minimum absolute atomic E-state index is 0.146. The van der Waals surface area contributed by atoms with Crippen molar-refractivity contribution in [1.82, 2.24) is 14.5 Å². The van der Waals surface area contributed by atoms with Crippen molar-refractivity contribution >= 4 is 26.0 Å². The SMILES string of the molecule is Cc1[nH]ncc1S(=O)(=O)N1C2CCC1CC(Br)C2. The summed E-state index contributed by atoms with van der Waals surface area (Å²) in [5, 5.41) is 6.54. The van der Waals surface area contributed by atoms with Gasteiger partial charge >= 0.3 is 0 Å². The molecule has 1 aromatic heterocycles. The molecule has 2 aliphatic rings. The summed E-state index contributed by atoms with van der Waals surface area (Å²) in [6, 6.07) is 0.292. The van der Waals surface area contributed by atoms with Gasteiger partial charge < -0.3 is 0 Å². The van der Waals surface area contributed by atoms with Gasteiger partial charge in [0.25, 0.3) is 0 Å². The molecule has 5 nitrogen and oxygen atoms in total. The molecule has 0 spiro atoms. The van der Waals surface area contributed by atoms with Crippen LogP contribution in [0.1, 0.15) is 31.4 Å². The van der Waals surface area contributed by atoms with E-state index in [1.54, 1.807) is 11.2 Å². The second-order valence-electron chi connectivity index (χ2n) is 5.15. The van der Waals surface area contributed by atoms with Crippen molar-refractivity contribution in [3.63, 3.8) is 0 Å². The minimum atomic E-state index is -3.39. The zero-order valence-electron chi connectivity index (χ0n) is 10.1. The summed E-state index contributed by atoms with van der Waals surface area (Å²) < 4.78 is 27.1. The number of nitrogens with one attached hydrogen (secondary N) is 1. The predicted octanol–water partition coefficient (Wildman–Crippen LogP) is 1.80. The van der Waals surface area contributed by atoms with Gasteiger partial charge in [-0.2, -0.15) is 9.40 Å². The first-order valence-corrected chi connectivity index (χ1v) is 8.53. The molecule has 7 heteroatoms. The van der Waals surface area contributed by atoms with Gasteiger partial charge in [-0.05, 0) is 32.6 Å². The molecule has 2 bridgehead atoms. The largest absolute Gasteiger partial charge is 0.281 e. The fraction of sp³-hybridized carbons (Fsp3) is 0.727. The molecule has 2 atom stereocenters. The minimum Gasteiger partial charge on any atom is -0.281 e. The maximum atomic E-state index is 12.7. The predicted molar refractivity (Wildman–Crippen MR) is 71.1 cm³/mol. The Bertz CT molecular complexity index is 542. The first kappa shape index (κ1) is 12.6. The number of rotatable bonds is 2. The number of hydrogen-bond donors (Lipinski definition) is 1. The Balaban J connectivity index is 1.99. The van der Waals surface area contributed by atoms with Crippen LogP contribution in [0.5, 0.6) is 0 Å². The number of aromatic amines is 1. The fourth-order valence-electron chi connectivity index (χ4n) is 3.17. The second-order valence-corrected chi connectivity index (χ2v) is 8.25. The molecule has 2 aliphatic heterocycles. The van der Waals surface area contributed by atoms with E-state index >= 15 is 0 Å². The highest BCUT2D eigenvalue weighted by Gasteiger charge is 2.47. The van der Waals surface area contributed by atoms with Gasteiger partial charge in [-0.1, -0.05) is 15.9 Å². The number of sulfonamides is 1. The van der Waals surface area contributed by atoms with Crippen molar-refractivity contribution in [2.24, 2.45) is 0 Å². The van der Waals surface area contributed by atoms with Crippen molar-refractivity contribution < 1.29 is 8.42 Å². The van der Waals surface area contributed by atoms with Gasteiger partial charge in [-0.3, -0.25) is 5.10 Å². The summed E-state index contributed by atoms with van der Waals surface area (Å²) >= 11 is 3.63. The quantitative estimate of drug-likeness (QED) is 0.839. The summed E-state index contributed by atoms with van der Waals surface area (Å²) in [5.41, 5.74) is 0.621. The highest BCUT2D eigenvalue weighted by Crippen LogP contribution is 2.41. The first-order valence-electron chi connectivity index (χ1n) is 6.17. The molecule has 1 N–H and O–H groups in total. The number of fused-ring (bicyclic) bond motifs is 2. The van der Waals surface area contributed by atoms with Crippen LogP contribution in [0, 0.1) is 6.92 Å². The fourth-order valence-corrected chi connectivity index (χ4v) is 6.05. The Hall–Kier alpha value is -0.400. The molecule has 2 fully saturated rings. The van der Waals surface area contributed by atoms with Gasteiger partial charge in [-0.25, -0.2) is 8.42 Å². The Kier molecular flexibility index (Phi) is 3.03. The van der Waals surface area contributed by atoms with Crippen LogP contribution in [0.25, 0.3) is 0 Å². The smallest absolute Gasteiger partial charge is 0.246 e. The number of piperidine rings is 1. The highest BCUT2D eigenvalue weighted by atomic mass is 79.9. The van der Waals surface area contributed by atoms with Gasteiger partial charge in [0.2, 0.25) is 10.0 Å². The van der Waals surface area contributed by atoms with E-state index in [0.29, 0.717) is 15.4 Å². The van der Waals surface area contributed by atoms with Crippen molar-refractivity contribution in [2.75, 3.05) is 0 Å². The van der Waals surface area contributed by atoms with E-state index in [1.807, 2.05) is 0 Å². The van der Waals surface area contributed by atoms with Crippen molar-refractivity contribution in [1.29, 1.82) is 0 Å². The molecule has 0 aliphatic carbocycles. The van der Waals surface area contributed by atoms with Crippen LogP contribution in [0.2, 0.25) is 0 Å². The second kappa shape index (κ2) is 4.31.